The van der Waals surface area contributed by atoms with Gasteiger partial charge in [0.2, 0.25) is 0 Å². The third-order valence-electron chi connectivity index (χ3n) is 3.38. The summed E-state index contributed by atoms with van der Waals surface area (Å²) < 4.78 is 1.17. The van der Waals surface area contributed by atoms with Crippen LogP contribution in [0.15, 0.2) is 54.9 Å². The minimum Gasteiger partial charge on any atom is -0.428 e. The van der Waals surface area contributed by atoms with E-state index in [0.717, 1.165) is 32.6 Å². The Hall–Kier alpha value is -2.55. The Morgan fingerprint density at radius 1 is 0.944 bits per heavy atom. The third kappa shape index (κ3) is 1.10. The Morgan fingerprint density at radius 3 is 2.78 bits per heavy atom. The Morgan fingerprint density at radius 2 is 1.83 bits per heavy atom. The first-order valence-electron chi connectivity index (χ1n) is 5.81. The maximum Gasteiger partial charge on any atom is 0.0965 e. The molecule has 3 heteroatoms. The van der Waals surface area contributed by atoms with Gasteiger partial charge in [0.1, 0.15) is 0 Å². The molecule has 0 unspecified atom stereocenters. The van der Waals surface area contributed by atoms with Crippen LogP contribution in [0, 0.1) is 0 Å². The second kappa shape index (κ2) is 3.23. The van der Waals surface area contributed by atoms with Gasteiger partial charge in [0, 0.05) is 28.6 Å². The fourth-order valence-electron chi connectivity index (χ4n) is 2.55. The van der Waals surface area contributed by atoms with Crippen LogP contribution in [-0.2, 0) is 0 Å². The number of hydrogen-bond acceptors (Lipinski definition) is 2. The molecule has 0 aliphatic heterocycles. The van der Waals surface area contributed by atoms with Crippen LogP contribution in [0.2, 0.25) is 0 Å². The number of pyridine rings is 1. The van der Waals surface area contributed by atoms with E-state index in [1.165, 1.54) is 4.73 Å². The van der Waals surface area contributed by atoms with E-state index in [1.54, 1.807) is 6.20 Å². The van der Waals surface area contributed by atoms with Crippen LogP contribution >= 0.6 is 0 Å². The van der Waals surface area contributed by atoms with Crippen LogP contribution in [0.25, 0.3) is 32.6 Å². The van der Waals surface area contributed by atoms with Gasteiger partial charge in [-0.1, -0.05) is 30.3 Å². The Kier molecular flexibility index (Phi) is 1.70. The van der Waals surface area contributed by atoms with E-state index < -0.39 is 0 Å². The summed E-state index contributed by atoms with van der Waals surface area (Å²) in [5.41, 5.74) is 1.71. The molecular weight excluding hydrogens is 224 g/mol. The van der Waals surface area contributed by atoms with Crippen molar-refractivity contribution in [3.63, 3.8) is 0 Å². The molecule has 2 heterocycles. The lowest BCUT2D eigenvalue weighted by Gasteiger charge is -2.05. The first-order valence-corrected chi connectivity index (χ1v) is 5.81. The number of fused-ring (bicyclic) bond motifs is 5. The van der Waals surface area contributed by atoms with E-state index in [-0.39, 0.29) is 0 Å². The van der Waals surface area contributed by atoms with Crippen molar-refractivity contribution >= 4 is 32.6 Å². The zero-order valence-corrected chi connectivity index (χ0v) is 9.54. The summed E-state index contributed by atoms with van der Waals surface area (Å²) in [7, 11) is 0. The standard InChI is InChI=1S/C15H10N2O/c18-17-8-7-10-5-6-13-14(15(10)17)12-4-2-1-3-11(12)9-16-13/h1-9,18H. The molecule has 0 spiro atoms. The fraction of sp³-hybridized carbons (Fsp3) is 0. The van der Waals surface area contributed by atoms with Crippen molar-refractivity contribution in [1.29, 1.82) is 0 Å². The molecule has 0 aliphatic carbocycles. The second-order valence-electron chi connectivity index (χ2n) is 4.40. The molecule has 4 rings (SSSR count). The van der Waals surface area contributed by atoms with E-state index >= 15 is 0 Å². The molecule has 0 fully saturated rings. The lowest BCUT2D eigenvalue weighted by molar-refractivity contribution is 0.201. The maximum absolute atomic E-state index is 9.96. The smallest absolute Gasteiger partial charge is 0.0965 e. The average Bonchev–Trinajstić information content (AvgIpc) is 2.80. The van der Waals surface area contributed by atoms with E-state index in [0.29, 0.717) is 0 Å². The van der Waals surface area contributed by atoms with Gasteiger partial charge in [-0.2, -0.15) is 4.73 Å². The van der Waals surface area contributed by atoms with Gasteiger partial charge in [0.05, 0.1) is 11.0 Å². The van der Waals surface area contributed by atoms with Gasteiger partial charge in [0.25, 0.3) is 0 Å². The zero-order valence-electron chi connectivity index (χ0n) is 9.54. The number of benzene rings is 2. The SMILES string of the molecule is On1ccc2ccc3ncc4ccccc4c3c21. The zero-order chi connectivity index (χ0) is 12.1. The number of rotatable bonds is 0. The molecule has 0 aliphatic rings. The predicted octanol–water partition coefficient (Wildman–Crippen LogP) is 3.58. The molecule has 2 aromatic heterocycles. The lowest BCUT2D eigenvalue weighted by atomic mass is 10.0. The van der Waals surface area contributed by atoms with E-state index in [1.807, 2.05) is 42.6 Å². The minimum atomic E-state index is 0.816. The molecule has 1 N–H and O–H groups in total. The second-order valence-corrected chi connectivity index (χ2v) is 4.40. The summed E-state index contributed by atoms with van der Waals surface area (Å²) in [4.78, 5) is 4.46. The number of hydrogen-bond donors (Lipinski definition) is 1. The van der Waals surface area contributed by atoms with E-state index in [9.17, 15) is 5.21 Å². The quantitative estimate of drug-likeness (QED) is 0.373. The van der Waals surface area contributed by atoms with Crippen molar-refractivity contribution in [3.8, 4) is 0 Å². The summed E-state index contributed by atoms with van der Waals surface area (Å²) in [6.07, 6.45) is 3.53. The van der Waals surface area contributed by atoms with Crippen molar-refractivity contribution < 1.29 is 5.21 Å². The van der Waals surface area contributed by atoms with Crippen molar-refractivity contribution in [2.75, 3.05) is 0 Å². The van der Waals surface area contributed by atoms with Gasteiger partial charge >= 0.3 is 0 Å². The van der Waals surface area contributed by atoms with Crippen molar-refractivity contribution in [2.24, 2.45) is 0 Å². The fourth-order valence-corrected chi connectivity index (χ4v) is 2.55. The van der Waals surface area contributed by atoms with Gasteiger partial charge in [-0.3, -0.25) is 4.98 Å². The molecule has 3 nitrogen and oxygen atoms in total. The average molecular weight is 234 g/mol. The molecule has 86 valence electrons. The van der Waals surface area contributed by atoms with E-state index in [4.69, 9.17) is 0 Å². The number of aromatic nitrogens is 2. The first kappa shape index (κ1) is 9.48. The van der Waals surface area contributed by atoms with E-state index in [2.05, 4.69) is 11.1 Å². The van der Waals surface area contributed by atoms with Crippen molar-refractivity contribution in [3.05, 3.63) is 54.9 Å². The summed E-state index contributed by atoms with van der Waals surface area (Å²) in [5.74, 6) is 0. The highest BCUT2D eigenvalue weighted by atomic mass is 16.5. The first-order chi connectivity index (χ1) is 8.84. The molecule has 0 amide bonds. The Labute approximate surface area is 103 Å². The summed E-state index contributed by atoms with van der Waals surface area (Å²) >= 11 is 0. The third-order valence-corrected chi connectivity index (χ3v) is 3.38. The Balaban J connectivity index is 2.41. The largest absolute Gasteiger partial charge is 0.428 e. The molecule has 18 heavy (non-hydrogen) atoms. The number of nitrogens with zero attached hydrogens (tertiary/aromatic N) is 2. The predicted molar refractivity (Wildman–Crippen MR) is 71.9 cm³/mol. The lowest BCUT2D eigenvalue weighted by Crippen LogP contribution is -1.90. The van der Waals surface area contributed by atoms with Gasteiger partial charge < -0.3 is 5.21 Å². The van der Waals surface area contributed by atoms with Crippen LogP contribution in [0.4, 0.5) is 0 Å². The van der Waals surface area contributed by atoms with Crippen molar-refractivity contribution in [2.45, 2.75) is 0 Å². The maximum atomic E-state index is 9.96. The normalized spacial score (nSPS) is 11.6. The monoisotopic (exact) mass is 234 g/mol. The highest BCUT2D eigenvalue weighted by molar-refractivity contribution is 6.17. The van der Waals surface area contributed by atoms with Crippen molar-refractivity contribution in [1.82, 2.24) is 9.71 Å². The molecule has 0 atom stereocenters. The van der Waals surface area contributed by atoms with Gasteiger partial charge in [-0.15, -0.1) is 0 Å². The highest BCUT2D eigenvalue weighted by Gasteiger charge is 2.09. The molecule has 0 radical (unpaired) electrons. The minimum absolute atomic E-state index is 0.816. The van der Waals surface area contributed by atoms with Crippen LogP contribution in [0.5, 0.6) is 0 Å². The van der Waals surface area contributed by atoms with Crippen LogP contribution in [0.3, 0.4) is 0 Å². The highest BCUT2D eigenvalue weighted by Crippen LogP contribution is 2.30. The molecule has 2 aromatic carbocycles. The Bertz CT molecular complexity index is 893. The van der Waals surface area contributed by atoms with Crippen LogP contribution in [0.1, 0.15) is 0 Å². The summed E-state index contributed by atoms with van der Waals surface area (Å²) in [5, 5.41) is 14.2. The molecule has 0 saturated carbocycles. The van der Waals surface area contributed by atoms with Crippen LogP contribution < -0.4 is 0 Å². The summed E-state index contributed by atoms with van der Waals surface area (Å²) in [6, 6.07) is 14.0. The molecule has 4 aromatic rings. The molecule has 0 saturated heterocycles. The summed E-state index contributed by atoms with van der Waals surface area (Å²) in [6.45, 7) is 0. The van der Waals surface area contributed by atoms with Gasteiger partial charge in [0.15, 0.2) is 0 Å². The molecular formula is C15H10N2O. The van der Waals surface area contributed by atoms with Crippen LogP contribution in [-0.4, -0.2) is 14.9 Å². The topological polar surface area (TPSA) is 38.0 Å². The van der Waals surface area contributed by atoms with Gasteiger partial charge in [-0.25, -0.2) is 0 Å². The van der Waals surface area contributed by atoms with Gasteiger partial charge in [-0.05, 0) is 17.5 Å². The molecule has 0 bridgehead atoms.